The van der Waals surface area contributed by atoms with Crippen LogP contribution in [-0.4, -0.2) is 30.3 Å². The van der Waals surface area contributed by atoms with Crippen LogP contribution in [-0.2, 0) is 0 Å². The zero-order valence-electron chi connectivity index (χ0n) is 9.19. The Morgan fingerprint density at radius 1 is 1.47 bits per heavy atom. The molecule has 0 unspecified atom stereocenters. The van der Waals surface area contributed by atoms with Crippen LogP contribution < -0.4 is 10.1 Å². The molecule has 17 heavy (non-hydrogen) atoms. The zero-order chi connectivity index (χ0) is 12.8. The van der Waals surface area contributed by atoms with Gasteiger partial charge in [-0.3, -0.25) is 4.79 Å². The fourth-order valence-electron chi connectivity index (χ4n) is 1.19. The van der Waals surface area contributed by atoms with E-state index in [9.17, 15) is 13.6 Å². The van der Waals surface area contributed by atoms with Crippen molar-refractivity contribution in [2.24, 2.45) is 0 Å². The van der Waals surface area contributed by atoms with Crippen LogP contribution in [0, 0.1) is 0 Å². The first-order chi connectivity index (χ1) is 8.00. The van der Waals surface area contributed by atoms with Crippen LogP contribution in [0.15, 0.2) is 24.3 Å². The molecule has 0 saturated carbocycles. The summed E-state index contributed by atoms with van der Waals surface area (Å²) in [5.41, 5.74) is 0.00782. The van der Waals surface area contributed by atoms with Gasteiger partial charge in [-0.05, 0) is 19.1 Å². The highest BCUT2D eigenvalue weighted by atomic mass is 19.3. The number of alkyl halides is 2. The lowest BCUT2D eigenvalue weighted by Crippen LogP contribution is -2.30. The summed E-state index contributed by atoms with van der Waals surface area (Å²) in [6.45, 7) is -1.44. The van der Waals surface area contributed by atoms with Crippen molar-refractivity contribution in [3.63, 3.8) is 0 Å². The van der Waals surface area contributed by atoms with Gasteiger partial charge in [0.05, 0.1) is 11.7 Å². The second kappa shape index (κ2) is 6.15. The van der Waals surface area contributed by atoms with E-state index in [1.54, 1.807) is 0 Å². The van der Waals surface area contributed by atoms with Crippen molar-refractivity contribution in [2.75, 3.05) is 6.54 Å². The van der Waals surface area contributed by atoms with Crippen molar-refractivity contribution in [3.05, 3.63) is 29.8 Å². The van der Waals surface area contributed by atoms with Crippen molar-refractivity contribution in [2.45, 2.75) is 19.6 Å². The molecule has 4 nitrogen and oxygen atoms in total. The number of hydrogen-bond donors (Lipinski definition) is 2. The van der Waals surface area contributed by atoms with Crippen LogP contribution >= 0.6 is 0 Å². The summed E-state index contributed by atoms with van der Waals surface area (Å²) in [7, 11) is 0. The molecule has 0 radical (unpaired) electrons. The van der Waals surface area contributed by atoms with Gasteiger partial charge in [-0.2, -0.15) is 8.78 Å². The first kappa shape index (κ1) is 13.4. The van der Waals surface area contributed by atoms with Gasteiger partial charge in [-0.25, -0.2) is 0 Å². The van der Waals surface area contributed by atoms with E-state index in [4.69, 9.17) is 5.11 Å². The minimum Gasteiger partial charge on any atom is -0.434 e. The van der Waals surface area contributed by atoms with Crippen LogP contribution in [0.5, 0.6) is 5.75 Å². The second-order valence-corrected chi connectivity index (χ2v) is 3.43. The van der Waals surface area contributed by atoms with E-state index in [1.165, 1.54) is 31.2 Å². The smallest absolute Gasteiger partial charge is 0.387 e. The van der Waals surface area contributed by atoms with Gasteiger partial charge in [0.25, 0.3) is 5.91 Å². The molecule has 0 fully saturated rings. The molecule has 1 amide bonds. The lowest BCUT2D eigenvalue weighted by atomic mass is 10.2. The number of rotatable bonds is 5. The fraction of sp³-hybridized carbons (Fsp3) is 0.364. The second-order valence-electron chi connectivity index (χ2n) is 3.43. The monoisotopic (exact) mass is 245 g/mol. The highest BCUT2D eigenvalue weighted by molar-refractivity contribution is 5.96. The Bertz CT molecular complexity index is 383. The summed E-state index contributed by atoms with van der Waals surface area (Å²) in [4.78, 5) is 11.6. The number of hydrogen-bond acceptors (Lipinski definition) is 3. The zero-order valence-corrected chi connectivity index (χ0v) is 9.19. The molecule has 2 N–H and O–H groups in total. The van der Waals surface area contributed by atoms with Crippen molar-refractivity contribution in [3.8, 4) is 5.75 Å². The maximum atomic E-state index is 12.1. The highest BCUT2D eigenvalue weighted by Gasteiger charge is 2.15. The minimum absolute atomic E-state index is 0.00782. The summed E-state index contributed by atoms with van der Waals surface area (Å²) < 4.78 is 28.4. The van der Waals surface area contributed by atoms with E-state index in [0.717, 1.165) is 0 Å². The number of ether oxygens (including phenoxy) is 1. The number of benzene rings is 1. The van der Waals surface area contributed by atoms with Crippen LogP contribution in [0.2, 0.25) is 0 Å². The lowest BCUT2D eigenvalue weighted by Gasteiger charge is -2.11. The van der Waals surface area contributed by atoms with Crippen molar-refractivity contribution in [1.29, 1.82) is 0 Å². The lowest BCUT2D eigenvalue weighted by molar-refractivity contribution is -0.0501. The third-order valence-electron chi connectivity index (χ3n) is 1.91. The van der Waals surface area contributed by atoms with Crippen molar-refractivity contribution >= 4 is 5.91 Å². The molecule has 0 aliphatic heterocycles. The highest BCUT2D eigenvalue weighted by Crippen LogP contribution is 2.19. The number of carbonyl (C=O) groups excluding carboxylic acids is 1. The summed E-state index contributed by atoms with van der Waals surface area (Å²) in [6.07, 6.45) is -0.706. The Morgan fingerprint density at radius 3 is 2.71 bits per heavy atom. The quantitative estimate of drug-likeness (QED) is 0.824. The maximum absolute atomic E-state index is 12.1. The van der Waals surface area contributed by atoms with Gasteiger partial charge in [-0.15, -0.1) is 0 Å². The molecule has 1 aromatic carbocycles. The van der Waals surface area contributed by atoms with Gasteiger partial charge >= 0.3 is 6.61 Å². The Morgan fingerprint density at radius 2 is 2.12 bits per heavy atom. The molecule has 0 saturated heterocycles. The summed E-state index contributed by atoms with van der Waals surface area (Å²) in [6, 6.07) is 5.68. The number of aliphatic hydroxyl groups is 1. The average Bonchev–Trinajstić information content (AvgIpc) is 2.25. The van der Waals surface area contributed by atoms with E-state index in [1.807, 2.05) is 0 Å². The molecular formula is C11H13F2NO3. The van der Waals surface area contributed by atoms with Gasteiger partial charge in [-0.1, -0.05) is 12.1 Å². The molecule has 1 rings (SSSR count). The van der Waals surface area contributed by atoms with E-state index in [0.29, 0.717) is 0 Å². The fourth-order valence-corrected chi connectivity index (χ4v) is 1.19. The van der Waals surface area contributed by atoms with E-state index >= 15 is 0 Å². The Balaban J connectivity index is 2.78. The largest absolute Gasteiger partial charge is 0.434 e. The molecular weight excluding hydrogens is 232 g/mol. The molecule has 0 aliphatic carbocycles. The van der Waals surface area contributed by atoms with E-state index in [-0.39, 0.29) is 17.9 Å². The van der Waals surface area contributed by atoms with Gasteiger partial charge in [0, 0.05) is 6.54 Å². The summed E-state index contributed by atoms with van der Waals surface area (Å²) >= 11 is 0. The summed E-state index contributed by atoms with van der Waals surface area (Å²) in [5, 5.41) is 11.4. The Kier molecular flexibility index (Phi) is 4.84. The number of amides is 1. The van der Waals surface area contributed by atoms with Gasteiger partial charge in [0.1, 0.15) is 5.75 Å². The van der Waals surface area contributed by atoms with Gasteiger partial charge in [0.2, 0.25) is 0 Å². The molecule has 1 atom stereocenters. The SMILES string of the molecule is C[C@H](O)CNC(=O)c1ccccc1OC(F)F. The van der Waals surface area contributed by atoms with E-state index < -0.39 is 18.6 Å². The predicted molar refractivity (Wildman–Crippen MR) is 57.1 cm³/mol. The number of aliphatic hydroxyl groups excluding tert-OH is 1. The van der Waals surface area contributed by atoms with Gasteiger partial charge in [0.15, 0.2) is 0 Å². The first-order valence-corrected chi connectivity index (χ1v) is 5.01. The van der Waals surface area contributed by atoms with Crippen molar-refractivity contribution < 1.29 is 23.4 Å². The molecule has 0 bridgehead atoms. The van der Waals surface area contributed by atoms with E-state index in [2.05, 4.69) is 10.1 Å². The number of nitrogens with one attached hydrogen (secondary N) is 1. The molecule has 94 valence electrons. The Hall–Kier alpha value is -1.69. The standard InChI is InChI=1S/C11H13F2NO3/c1-7(15)6-14-10(16)8-4-2-3-5-9(8)17-11(12)13/h2-5,7,11,15H,6H2,1H3,(H,14,16)/t7-/m0/s1. The van der Waals surface area contributed by atoms with Crippen LogP contribution in [0.1, 0.15) is 17.3 Å². The average molecular weight is 245 g/mol. The van der Waals surface area contributed by atoms with Crippen LogP contribution in [0.3, 0.4) is 0 Å². The number of halogens is 2. The van der Waals surface area contributed by atoms with Crippen molar-refractivity contribution in [1.82, 2.24) is 5.32 Å². The molecule has 0 aliphatic rings. The minimum atomic E-state index is -2.99. The molecule has 0 aromatic heterocycles. The number of carbonyl (C=O) groups is 1. The number of para-hydroxylation sites is 1. The Labute approximate surface area is 97.2 Å². The molecule has 0 spiro atoms. The topological polar surface area (TPSA) is 58.6 Å². The third kappa shape index (κ3) is 4.36. The molecule has 0 heterocycles. The molecule has 1 aromatic rings. The van der Waals surface area contributed by atoms with Gasteiger partial charge < -0.3 is 15.2 Å². The normalized spacial score (nSPS) is 12.3. The third-order valence-corrected chi connectivity index (χ3v) is 1.91. The predicted octanol–water partition coefficient (Wildman–Crippen LogP) is 1.40. The molecule has 6 heteroatoms. The first-order valence-electron chi connectivity index (χ1n) is 5.01. The van der Waals surface area contributed by atoms with Crippen LogP contribution in [0.25, 0.3) is 0 Å². The van der Waals surface area contributed by atoms with Crippen LogP contribution in [0.4, 0.5) is 8.78 Å². The maximum Gasteiger partial charge on any atom is 0.387 e. The summed E-state index contributed by atoms with van der Waals surface area (Å²) in [5.74, 6) is -0.757.